The normalized spacial score (nSPS) is 17.8. The van der Waals surface area contributed by atoms with Gasteiger partial charge in [0.25, 0.3) is 11.1 Å². The third-order valence-electron chi connectivity index (χ3n) is 6.10. The molecule has 35 heavy (non-hydrogen) atoms. The number of thioether (sulfide) groups is 1. The van der Waals surface area contributed by atoms with Crippen LogP contribution in [-0.2, 0) is 11.3 Å². The second-order valence-corrected chi connectivity index (χ2v) is 10.5. The lowest BCUT2D eigenvalue weighted by Crippen LogP contribution is -2.35. The van der Waals surface area contributed by atoms with E-state index >= 15 is 0 Å². The molecule has 0 unspecified atom stereocenters. The van der Waals surface area contributed by atoms with Gasteiger partial charge in [0.05, 0.1) is 26.9 Å². The summed E-state index contributed by atoms with van der Waals surface area (Å²) in [6, 6.07) is 12.1. The predicted molar refractivity (Wildman–Crippen MR) is 140 cm³/mol. The van der Waals surface area contributed by atoms with Crippen LogP contribution >= 0.6 is 23.1 Å². The van der Waals surface area contributed by atoms with Gasteiger partial charge in [-0.05, 0) is 79.2 Å². The molecular formula is C25H26N6O2S2. The van der Waals surface area contributed by atoms with Crippen molar-refractivity contribution in [2.75, 3.05) is 24.5 Å². The Balaban J connectivity index is 1.07. The van der Waals surface area contributed by atoms with Crippen molar-refractivity contribution in [2.24, 2.45) is 5.92 Å². The van der Waals surface area contributed by atoms with Gasteiger partial charge in [-0.25, -0.2) is 9.97 Å². The number of piperidine rings is 1. The maximum Gasteiger partial charge on any atom is 0.290 e. The van der Waals surface area contributed by atoms with Crippen LogP contribution in [0.25, 0.3) is 16.6 Å². The van der Waals surface area contributed by atoms with E-state index in [0.717, 1.165) is 68.6 Å². The maximum atomic E-state index is 11.8. The van der Waals surface area contributed by atoms with Crippen LogP contribution in [0.15, 0.2) is 52.9 Å². The predicted octanol–water partition coefficient (Wildman–Crippen LogP) is 4.32. The highest BCUT2D eigenvalue weighted by molar-refractivity contribution is 8.18. The molecule has 10 heteroatoms. The first-order valence-corrected chi connectivity index (χ1v) is 13.4. The van der Waals surface area contributed by atoms with Gasteiger partial charge >= 0.3 is 0 Å². The van der Waals surface area contributed by atoms with Crippen LogP contribution in [-0.4, -0.2) is 45.7 Å². The van der Waals surface area contributed by atoms with Crippen LogP contribution in [0.1, 0.15) is 30.7 Å². The van der Waals surface area contributed by atoms with Gasteiger partial charge in [-0.2, -0.15) is 0 Å². The first-order chi connectivity index (χ1) is 17.1. The number of carbonyl (C=O) groups is 2. The maximum absolute atomic E-state index is 11.8. The molecule has 0 bridgehead atoms. The highest BCUT2D eigenvalue weighted by atomic mass is 32.2. The van der Waals surface area contributed by atoms with E-state index in [2.05, 4.69) is 61.2 Å². The molecule has 5 rings (SSSR count). The van der Waals surface area contributed by atoms with E-state index in [1.54, 1.807) is 29.7 Å². The van der Waals surface area contributed by atoms with Crippen molar-refractivity contribution < 1.29 is 9.59 Å². The summed E-state index contributed by atoms with van der Waals surface area (Å²) in [5, 5.41) is 7.54. The Morgan fingerprint density at radius 1 is 1.11 bits per heavy atom. The summed E-state index contributed by atoms with van der Waals surface area (Å²) in [4.78, 5) is 40.7. The molecule has 8 nitrogen and oxygen atoms in total. The molecule has 3 aromatic heterocycles. The number of pyridine rings is 1. The topological polar surface area (TPSA) is 100 Å². The van der Waals surface area contributed by atoms with Crippen LogP contribution in [0.2, 0.25) is 0 Å². The van der Waals surface area contributed by atoms with Crippen molar-refractivity contribution >= 4 is 46.3 Å². The standard InChI is InChI=1S/C25H26N6O2S2/c32-23-22(35-25(33)30-23)15-18-7-11-27-24(29-18)31-12-8-17(9-13-31)6-10-26-16-19-3-1-4-20(28-19)21-5-2-14-34-21/h1-5,7,11,14-15,17,26H,6,8-10,12-13,16H2,(H,30,32,33). The Morgan fingerprint density at radius 2 is 2.00 bits per heavy atom. The molecule has 0 spiro atoms. The highest BCUT2D eigenvalue weighted by Crippen LogP contribution is 2.27. The summed E-state index contributed by atoms with van der Waals surface area (Å²) in [6.45, 7) is 3.55. The lowest BCUT2D eigenvalue weighted by atomic mass is 9.94. The van der Waals surface area contributed by atoms with Gasteiger partial charge in [-0.15, -0.1) is 11.3 Å². The average molecular weight is 507 g/mol. The number of thiophene rings is 1. The van der Waals surface area contributed by atoms with Gasteiger partial charge in [0.1, 0.15) is 0 Å². The first-order valence-electron chi connectivity index (χ1n) is 11.7. The van der Waals surface area contributed by atoms with E-state index in [-0.39, 0.29) is 11.1 Å². The average Bonchev–Trinajstić information content (AvgIpc) is 3.52. The molecule has 2 saturated heterocycles. The summed E-state index contributed by atoms with van der Waals surface area (Å²) in [7, 11) is 0. The Kier molecular flexibility index (Phi) is 7.51. The molecule has 2 N–H and O–H groups in total. The van der Waals surface area contributed by atoms with E-state index in [1.807, 2.05) is 0 Å². The van der Waals surface area contributed by atoms with Crippen LogP contribution in [0.3, 0.4) is 0 Å². The van der Waals surface area contributed by atoms with Crippen LogP contribution in [0.5, 0.6) is 0 Å². The van der Waals surface area contributed by atoms with Crippen molar-refractivity contribution in [2.45, 2.75) is 25.8 Å². The minimum Gasteiger partial charge on any atom is -0.341 e. The molecule has 0 aromatic carbocycles. The van der Waals surface area contributed by atoms with Gasteiger partial charge in [-0.1, -0.05) is 12.1 Å². The molecule has 2 aliphatic rings. The van der Waals surface area contributed by atoms with E-state index in [1.165, 1.54) is 4.88 Å². The van der Waals surface area contributed by atoms with Gasteiger partial charge in [-0.3, -0.25) is 19.9 Å². The second-order valence-electron chi connectivity index (χ2n) is 8.52. The van der Waals surface area contributed by atoms with Gasteiger partial charge < -0.3 is 10.2 Å². The zero-order valence-electron chi connectivity index (χ0n) is 19.1. The summed E-state index contributed by atoms with van der Waals surface area (Å²) in [5.41, 5.74) is 2.73. The minimum absolute atomic E-state index is 0.352. The number of imide groups is 1. The number of anilines is 1. The van der Waals surface area contributed by atoms with E-state index in [0.29, 0.717) is 22.5 Å². The van der Waals surface area contributed by atoms with Crippen LogP contribution in [0.4, 0.5) is 10.7 Å². The summed E-state index contributed by atoms with van der Waals surface area (Å²) in [5.74, 6) is 0.960. The largest absolute Gasteiger partial charge is 0.341 e. The van der Waals surface area contributed by atoms with Gasteiger partial charge in [0, 0.05) is 25.8 Å². The van der Waals surface area contributed by atoms with Crippen LogP contribution < -0.4 is 15.5 Å². The van der Waals surface area contributed by atoms with Crippen molar-refractivity contribution in [1.82, 2.24) is 25.6 Å². The summed E-state index contributed by atoms with van der Waals surface area (Å²) >= 11 is 2.61. The molecule has 2 amide bonds. The molecular weight excluding hydrogens is 480 g/mol. The molecule has 0 aliphatic carbocycles. The lowest BCUT2D eigenvalue weighted by Gasteiger charge is -2.32. The quantitative estimate of drug-likeness (QED) is 0.344. The van der Waals surface area contributed by atoms with Gasteiger partial charge in [0.2, 0.25) is 5.95 Å². The number of carbonyl (C=O) groups excluding carboxylic acids is 2. The fourth-order valence-corrected chi connectivity index (χ4v) is 5.60. The second kappa shape index (κ2) is 11.1. The molecule has 0 saturated carbocycles. The zero-order chi connectivity index (χ0) is 24.0. The van der Waals surface area contributed by atoms with Gasteiger partial charge in [0.15, 0.2) is 0 Å². The number of nitrogens with zero attached hydrogens (tertiary/aromatic N) is 4. The fraction of sp³-hybridized carbons (Fsp3) is 0.320. The highest BCUT2D eigenvalue weighted by Gasteiger charge is 2.25. The Morgan fingerprint density at radius 3 is 2.77 bits per heavy atom. The molecule has 3 aromatic rings. The SMILES string of the molecule is O=C1NC(=O)C(=Cc2ccnc(N3CCC(CCNCc4cccc(-c5cccs5)n4)CC3)n2)S1. The molecule has 2 aliphatic heterocycles. The smallest absolute Gasteiger partial charge is 0.290 e. The van der Waals surface area contributed by atoms with Crippen molar-refractivity contribution in [3.05, 3.63) is 64.3 Å². The molecule has 0 radical (unpaired) electrons. The zero-order valence-corrected chi connectivity index (χ0v) is 20.8. The van der Waals surface area contributed by atoms with Crippen molar-refractivity contribution in [1.29, 1.82) is 0 Å². The minimum atomic E-state index is -0.374. The molecule has 5 heterocycles. The van der Waals surface area contributed by atoms with E-state index in [4.69, 9.17) is 4.98 Å². The molecule has 0 atom stereocenters. The summed E-state index contributed by atoms with van der Waals surface area (Å²) < 4.78 is 0. The number of hydrogen-bond acceptors (Lipinski definition) is 9. The number of aromatic nitrogens is 3. The fourth-order valence-electron chi connectivity index (χ4n) is 4.23. The van der Waals surface area contributed by atoms with E-state index < -0.39 is 0 Å². The van der Waals surface area contributed by atoms with Crippen molar-refractivity contribution in [3.63, 3.8) is 0 Å². The molecule has 2 fully saturated rings. The lowest BCUT2D eigenvalue weighted by molar-refractivity contribution is -0.115. The summed E-state index contributed by atoms with van der Waals surface area (Å²) in [6.07, 6.45) is 6.65. The first kappa shape index (κ1) is 23.7. The van der Waals surface area contributed by atoms with Crippen molar-refractivity contribution in [3.8, 4) is 10.6 Å². The molecule has 180 valence electrons. The Bertz CT molecular complexity index is 1220. The number of hydrogen-bond donors (Lipinski definition) is 2. The third kappa shape index (κ3) is 6.14. The van der Waals surface area contributed by atoms with E-state index in [9.17, 15) is 9.59 Å². The third-order valence-corrected chi connectivity index (χ3v) is 7.80. The monoisotopic (exact) mass is 506 g/mol. The Hall–Kier alpha value is -3.08. The Labute approximate surface area is 212 Å². The van der Waals surface area contributed by atoms with Crippen LogP contribution in [0, 0.1) is 5.92 Å². The number of rotatable bonds is 8. The number of amides is 2. The number of nitrogens with one attached hydrogen (secondary N) is 2.